The van der Waals surface area contributed by atoms with Gasteiger partial charge in [0.15, 0.2) is 0 Å². The molecule has 0 saturated heterocycles. The summed E-state index contributed by atoms with van der Waals surface area (Å²) in [5.74, 6) is -0.726. The Kier molecular flexibility index (Phi) is 8.30. The van der Waals surface area contributed by atoms with E-state index in [1.807, 2.05) is 72.8 Å². The molecule has 4 rings (SSSR count). The molecule has 0 unspecified atom stereocenters. The molecule has 0 aromatic heterocycles. The number of hydrogen-bond acceptors (Lipinski definition) is 2. The maximum absolute atomic E-state index is 13.6. The van der Waals surface area contributed by atoms with Gasteiger partial charge < -0.3 is 11.1 Å². The molecular weight excluding hydrogens is 444 g/mol. The van der Waals surface area contributed by atoms with E-state index in [9.17, 15) is 9.59 Å². The van der Waals surface area contributed by atoms with Crippen LogP contribution >= 0.6 is 0 Å². The highest BCUT2D eigenvalue weighted by Crippen LogP contribution is 2.42. The molecule has 4 aromatic carbocycles. The van der Waals surface area contributed by atoms with Crippen molar-refractivity contribution in [3.8, 4) is 0 Å². The lowest BCUT2D eigenvalue weighted by atomic mass is 9.67. The van der Waals surface area contributed by atoms with Gasteiger partial charge in [-0.15, -0.1) is 0 Å². The Morgan fingerprint density at radius 3 is 1.50 bits per heavy atom. The molecule has 0 fully saturated rings. The van der Waals surface area contributed by atoms with Crippen LogP contribution in [0.4, 0.5) is 0 Å². The second-order valence-electron chi connectivity index (χ2n) is 9.08. The van der Waals surface area contributed by atoms with Gasteiger partial charge in [0.05, 0.1) is 5.41 Å². The average Bonchev–Trinajstić information content (AvgIpc) is 2.93. The van der Waals surface area contributed by atoms with Crippen molar-refractivity contribution in [3.05, 3.63) is 144 Å². The van der Waals surface area contributed by atoms with Crippen LogP contribution in [-0.2, 0) is 21.4 Å². The van der Waals surface area contributed by atoms with E-state index in [1.54, 1.807) is 0 Å². The number of amides is 2. The summed E-state index contributed by atoms with van der Waals surface area (Å²) in [6.07, 6.45) is 2.21. The van der Waals surface area contributed by atoms with Gasteiger partial charge in [-0.25, -0.2) is 0 Å². The van der Waals surface area contributed by atoms with Crippen molar-refractivity contribution in [3.63, 3.8) is 0 Å². The zero-order valence-corrected chi connectivity index (χ0v) is 20.3. The van der Waals surface area contributed by atoms with E-state index in [-0.39, 0.29) is 12.3 Å². The molecule has 4 aromatic rings. The molecular formula is C32H32N2O2. The minimum atomic E-state index is -0.722. The third kappa shape index (κ3) is 5.89. The van der Waals surface area contributed by atoms with E-state index < -0.39 is 17.4 Å². The van der Waals surface area contributed by atoms with Crippen LogP contribution in [0.25, 0.3) is 0 Å². The number of primary amides is 1. The molecule has 0 bridgehead atoms. The second-order valence-corrected chi connectivity index (χ2v) is 9.08. The maximum Gasteiger partial charge on any atom is 0.239 e. The van der Waals surface area contributed by atoms with Gasteiger partial charge in [-0.2, -0.15) is 0 Å². The summed E-state index contributed by atoms with van der Waals surface area (Å²) in [6.45, 7) is 0. The molecule has 0 aliphatic heterocycles. The molecule has 0 aliphatic carbocycles. The molecule has 36 heavy (non-hydrogen) atoms. The Morgan fingerprint density at radius 2 is 1.08 bits per heavy atom. The Morgan fingerprint density at radius 1 is 0.667 bits per heavy atom. The predicted molar refractivity (Wildman–Crippen MR) is 144 cm³/mol. The topological polar surface area (TPSA) is 72.2 Å². The van der Waals surface area contributed by atoms with E-state index in [1.165, 1.54) is 5.56 Å². The van der Waals surface area contributed by atoms with Crippen LogP contribution in [-0.4, -0.2) is 17.9 Å². The van der Waals surface area contributed by atoms with Crippen LogP contribution in [0.5, 0.6) is 0 Å². The first-order valence-electron chi connectivity index (χ1n) is 12.4. The molecule has 4 nitrogen and oxygen atoms in total. The summed E-state index contributed by atoms with van der Waals surface area (Å²) in [7, 11) is 0. The Labute approximate surface area is 213 Å². The number of nitrogens with two attached hydrogens (primary N) is 1. The van der Waals surface area contributed by atoms with Gasteiger partial charge >= 0.3 is 0 Å². The fourth-order valence-corrected chi connectivity index (χ4v) is 4.90. The van der Waals surface area contributed by atoms with E-state index in [0.29, 0.717) is 6.42 Å². The Bertz CT molecular complexity index is 1150. The number of rotatable bonds is 11. The summed E-state index contributed by atoms with van der Waals surface area (Å²) in [4.78, 5) is 25.9. The lowest BCUT2D eigenvalue weighted by Crippen LogP contribution is -2.47. The summed E-state index contributed by atoms with van der Waals surface area (Å²) in [6, 6.07) is 39.6. The van der Waals surface area contributed by atoms with Crippen LogP contribution in [0, 0.1) is 0 Å². The van der Waals surface area contributed by atoms with Crippen molar-refractivity contribution in [2.24, 2.45) is 5.73 Å². The average molecular weight is 477 g/mol. The summed E-state index contributed by atoms with van der Waals surface area (Å²) >= 11 is 0. The smallest absolute Gasteiger partial charge is 0.239 e. The van der Waals surface area contributed by atoms with Crippen LogP contribution in [0.15, 0.2) is 121 Å². The van der Waals surface area contributed by atoms with Crippen molar-refractivity contribution in [1.82, 2.24) is 5.32 Å². The van der Waals surface area contributed by atoms with Crippen molar-refractivity contribution < 1.29 is 9.59 Å². The zero-order valence-electron chi connectivity index (χ0n) is 20.3. The number of aryl methyl sites for hydroxylation is 1. The largest absolute Gasteiger partial charge is 0.368 e. The molecule has 0 spiro atoms. The van der Waals surface area contributed by atoms with Gasteiger partial charge in [0, 0.05) is 6.42 Å². The Hall–Kier alpha value is -4.18. The number of benzene rings is 4. The van der Waals surface area contributed by atoms with E-state index in [4.69, 9.17) is 5.73 Å². The maximum atomic E-state index is 13.6. The molecule has 4 heteroatoms. The highest BCUT2D eigenvalue weighted by atomic mass is 16.2. The summed E-state index contributed by atoms with van der Waals surface area (Å²) in [5, 5.41) is 2.95. The SMILES string of the molecule is NC(=O)[C@H](CCCc1ccccc1)NC(=O)CC(c1ccccc1)(c1ccccc1)c1ccccc1. The molecule has 0 aliphatic rings. The first-order valence-corrected chi connectivity index (χ1v) is 12.4. The summed E-state index contributed by atoms with van der Waals surface area (Å²) < 4.78 is 0. The number of hydrogen-bond donors (Lipinski definition) is 2. The third-order valence-electron chi connectivity index (χ3n) is 6.71. The van der Waals surface area contributed by atoms with Gasteiger partial charge in [0.25, 0.3) is 0 Å². The zero-order chi connectivity index (χ0) is 25.2. The lowest BCUT2D eigenvalue weighted by Gasteiger charge is -2.36. The van der Waals surface area contributed by atoms with Gasteiger partial charge in [-0.05, 0) is 41.5 Å². The quantitative estimate of drug-likeness (QED) is 0.284. The molecule has 182 valence electrons. The standard InChI is InChI=1S/C32H32N2O2/c33-31(36)29(23-13-16-25-14-5-1-6-15-25)34-30(35)24-32(26-17-7-2-8-18-26,27-19-9-3-10-20-27)28-21-11-4-12-22-28/h1-12,14-15,17-22,29H,13,16,23-24H2,(H2,33,36)(H,34,35)/t29-/m0/s1. The second kappa shape index (κ2) is 12.0. The minimum Gasteiger partial charge on any atom is -0.368 e. The molecule has 1 atom stereocenters. The molecule has 3 N–H and O–H groups in total. The monoisotopic (exact) mass is 476 g/mol. The first-order chi connectivity index (χ1) is 17.6. The van der Waals surface area contributed by atoms with Gasteiger partial charge in [0.1, 0.15) is 6.04 Å². The predicted octanol–water partition coefficient (Wildman–Crippen LogP) is 5.40. The fourth-order valence-electron chi connectivity index (χ4n) is 4.90. The van der Waals surface area contributed by atoms with Crippen molar-refractivity contribution in [1.29, 1.82) is 0 Å². The van der Waals surface area contributed by atoms with Gasteiger partial charge in [0.2, 0.25) is 11.8 Å². The number of carbonyl (C=O) groups excluding carboxylic acids is 2. The van der Waals surface area contributed by atoms with Crippen LogP contribution in [0.3, 0.4) is 0 Å². The molecule has 0 heterocycles. The van der Waals surface area contributed by atoms with Crippen molar-refractivity contribution >= 4 is 11.8 Å². The first kappa shape index (κ1) is 24.9. The highest BCUT2D eigenvalue weighted by molar-refractivity contribution is 5.87. The fraction of sp³-hybridized carbons (Fsp3) is 0.188. The highest BCUT2D eigenvalue weighted by Gasteiger charge is 2.39. The van der Waals surface area contributed by atoms with Crippen LogP contribution in [0.1, 0.15) is 41.5 Å². The lowest BCUT2D eigenvalue weighted by molar-refractivity contribution is -0.128. The van der Waals surface area contributed by atoms with Crippen molar-refractivity contribution in [2.45, 2.75) is 37.1 Å². The van der Waals surface area contributed by atoms with E-state index in [2.05, 4.69) is 53.8 Å². The summed E-state index contributed by atoms with van der Waals surface area (Å²) in [5.41, 5.74) is 9.22. The van der Waals surface area contributed by atoms with E-state index >= 15 is 0 Å². The van der Waals surface area contributed by atoms with Gasteiger partial charge in [-0.3, -0.25) is 9.59 Å². The van der Waals surface area contributed by atoms with Crippen LogP contribution in [0.2, 0.25) is 0 Å². The van der Waals surface area contributed by atoms with E-state index in [0.717, 1.165) is 29.5 Å². The molecule has 0 radical (unpaired) electrons. The Balaban J connectivity index is 1.62. The van der Waals surface area contributed by atoms with Gasteiger partial charge in [-0.1, -0.05) is 121 Å². The van der Waals surface area contributed by atoms with Crippen molar-refractivity contribution in [2.75, 3.05) is 0 Å². The normalized spacial score (nSPS) is 12.0. The third-order valence-corrected chi connectivity index (χ3v) is 6.71. The molecule has 2 amide bonds. The molecule has 0 saturated carbocycles. The van der Waals surface area contributed by atoms with Crippen LogP contribution < -0.4 is 11.1 Å². The minimum absolute atomic E-state index is 0.146. The number of nitrogens with one attached hydrogen (secondary N) is 1. The number of carbonyl (C=O) groups is 2.